The molecule has 0 aromatic carbocycles. The molecule has 108 valence electrons. The van der Waals surface area contributed by atoms with Gasteiger partial charge in [-0.2, -0.15) is 0 Å². The van der Waals surface area contributed by atoms with Crippen molar-refractivity contribution in [3.05, 3.63) is 22.4 Å². The summed E-state index contributed by atoms with van der Waals surface area (Å²) in [6.45, 7) is 5.22. The highest BCUT2D eigenvalue weighted by molar-refractivity contribution is 8.00. The van der Waals surface area contributed by atoms with Crippen LogP contribution in [0.3, 0.4) is 0 Å². The van der Waals surface area contributed by atoms with E-state index in [0.29, 0.717) is 18.2 Å². The molecule has 2 aromatic rings. The van der Waals surface area contributed by atoms with Gasteiger partial charge in [-0.25, -0.2) is 4.68 Å². The summed E-state index contributed by atoms with van der Waals surface area (Å²) in [4.78, 5) is 13.0. The minimum absolute atomic E-state index is 0.0162. The van der Waals surface area contributed by atoms with Gasteiger partial charge in [0.05, 0.1) is 11.8 Å². The summed E-state index contributed by atoms with van der Waals surface area (Å²) in [6.07, 6.45) is 0.930. The molecule has 0 spiro atoms. The van der Waals surface area contributed by atoms with Crippen LogP contribution in [-0.2, 0) is 11.3 Å². The van der Waals surface area contributed by atoms with E-state index in [1.807, 2.05) is 31.4 Å². The Bertz CT molecular complexity index is 540. The molecule has 0 radical (unpaired) electrons. The molecule has 1 unspecified atom stereocenters. The van der Waals surface area contributed by atoms with Crippen molar-refractivity contribution in [2.45, 2.75) is 37.2 Å². The van der Waals surface area contributed by atoms with Gasteiger partial charge in [0, 0.05) is 11.4 Å². The molecule has 2 aromatic heterocycles. The van der Waals surface area contributed by atoms with Crippen molar-refractivity contribution in [3.8, 4) is 0 Å². The lowest BCUT2D eigenvalue weighted by Gasteiger charge is -2.10. The molecule has 0 fully saturated rings. The first-order valence-electron chi connectivity index (χ1n) is 6.43. The van der Waals surface area contributed by atoms with Crippen LogP contribution in [0, 0.1) is 0 Å². The fourth-order valence-electron chi connectivity index (χ4n) is 1.53. The van der Waals surface area contributed by atoms with Crippen molar-refractivity contribution in [3.63, 3.8) is 0 Å². The summed E-state index contributed by atoms with van der Waals surface area (Å²) in [7, 11) is 0. The SMILES string of the molecule is CCCNC(=O)C(C)Sc1nnnn1Cc1cccs1. The van der Waals surface area contributed by atoms with Crippen molar-refractivity contribution >= 4 is 29.0 Å². The highest BCUT2D eigenvalue weighted by atomic mass is 32.2. The average molecular weight is 311 g/mol. The summed E-state index contributed by atoms with van der Waals surface area (Å²) in [5, 5.41) is 17.0. The Balaban J connectivity index is 1.96. The molecule has 0 aliphatic heterocycles. The van der Waals surface area contributed by atoms with E-state index in [4.69, 9.17) is 0 Å². The van der Waals surface area contributed by atoms with Crippen molar-refractivity contribution in [2.75, 3.05) is 6.54 Å². The number of carbonyl (C=O) groups excluding carboxylic acids is 1. The van der Waals surface area contributed by atoms with Gasteiger partial charge in [-0.15, -0.1) is 16.4 Å². The fourth-order valence-corrected chi connectivity index (χ4v) is 3.03. The van der Waals surface area contributed by atoms with E-state index >= 15 is 0 Å². The summed E-state index contributed by atoms with van der Waals surface area (Å²) < 4.78 is 1.72. The van der Waals surface area contributed by atoms with E-state index < -0.39 is 0 Å². The van der Waals surface area contributed by atoms with Gasteiger partial charge in [-0.1, -0.05) is 24.8 Å². The fraction of sp³-hybridized carbons (Fsp3) is 0.500. The van der Waals surface area contributed by atoms with Gasteiger partial charge in [0.15, 0.2) is 0 Å². The van der Waals surface area contributed by atoms with Gasteiger partial charge in [0.25, 0.3) is 0 Å². The molecule has 0 saturated heterocycles. The number of nitrogens with zero attached hydrogens (tertiary/aromatic N) is 4. The second-order valence-corrected chi connectivity index (χ2v) is 6.59. The number of tetrazole rings is 1. The van der Waals surface area contributed by atoms with Crippen LogP contribution in [0.25, 0.3) is 0 Å². The number of carbonyl (C=O) groups is 1. The first-order chi connectivity index (χ1) is 9.70. The summed E-state index contributed by atoms with van der Waals surface area (Å²) in [5.41, 5.74) is 0. The molecule has 8 heteroatoms. The Morgan fingerprint density at radius 2 is 2.45 bits per heavy atom. The lowest BCUT2D eigenvalue weighted by atomic mass is 10.4. The van der Waals surface area contributed by atoms with E-state index in [0.717, 1.165) is 6.42 Å². The topological polar surface area (TPSA) is 72.7 Å². The van der Waals surface area contributed by atoms with E-state index in [1.165, 1.54) is 16.6 Å². The molecular formula is C12H17N5OS2. The monoisotopic (exact) mass is 311 g/mol. The molecule has 1 N–H and O–H groups in total. The van der Waals surface area contributed by atoms with E-state index in [2.05, 4.69) is 20.8 Å². The number of aromatic nitrogens is 4. The molecule has 0 bridgehead atoms. The maximum atomic E-state index is 11.8. The standard InChI is InChI=1S/C12H17N5OS2/c1-3-6-13-11(18)9(2)20-12-14-15-16-17(12)8-10-5-4-7-19-10/h4-5,7,9H,3,6,8H2,1-2H3,(H,13,18). The number of thiophene rings is 1. The Hall–Kier alpha value is -1.41. The minimum atomic E-state index is -0.213. The molecule has 2 rings (SSSR count). The second kappa shape index (κ2) is 7.39. The van der Waals surface area contributed by atoms with Gasteiger partial charge in [0.1, 0.15) is 0 Å². The largest absolute Gasteiger partial charge is 0.355 e. The molecule has 0 saturated carbocycles. The number of hydrogen-bond acceptors (Lipinski definition) is 6. The predicted octanol–water partition coefficient (Wildman–Crippen LogP) is 1.79. The van der Waals surface area contributed by atoms with Crippen molar-refractivity contribution in [2.24, 2.45) is 0 Å². The zero-order valence-electron chi connectivity index (χ0n) is 11.4. The lowest BCUT2D eigenvalue weighted by molar-refractivity contribution is -0.120. The highest BCUT2D eigenvalue weighted by Gasteiger charge is 2.18. The van der Waals surface area contributed by atoms with Gasteiger partial charge in [0.2, 0.25) is 11.1 Å². The molecule has 1 amide bonds. The van der Waals surface area contributed by atoms with Gasteiger partial charge in [-0.3, -0.25) is 4.79 Å². The van der Waals surface area contributed by atoms with Crippen LogP contribution in [0.1, 0.15) is 25.1 Å². The highest BCUT2D eigenvalue weighted by Crippen LogP contribution is 2.21. The lowest BCUT2D eigenvalue weighted by Crippen LogP contribution is -2.31. The van der Waals surface area contributed by atoms with Crippen LogP contribution in [0.5, 0.6) is 0 Å². The van der Waals surface area contributed by atoms with Crippen LogP contribution >= 0.6 is 23.1 Å². The average Bonchev–Trinajstić information content (AvgIpc) is 3.09. The smallest absolute Gasteiger partial charge is 0.233 e. The van der Waals surface area contributed by atoms with Crippen molar-refractivity contribution in [1.82, 2.24) is 25.5 Å². The molecule has 0 aliphatic carbocycles. The number of nitrogens with one attached hydrogen (secondary N) is 1. The number of thioether (sulfide) groups is 1. The van der Waals surface area contributed by atoms with Crippen LogP contribution < -0.4 is 5.32 Å². The van der Waals surface area contributed by atoms with Gasteiger partial charge >= 0.3 is 0 Å². The van der Waals surface area contributed by atoms with E-state index in [9.17, 15) is 4.79 Å². The number of hydrogen-bond donors (Lipinski definition) is 1. The number of amides is 1. The summed E-state index contributed by atoms with van der Waals surface area (Å²) >= 11 is 3.04. The molecular weight excluding hydrogens is 294 g/mol. The summed E-state index contributed by atoms with van der Waals surface area (Å²) in [6, 6.07) is 4.04. The predicted molar refractivity (Wildman–Crippen MR) is 79.9 cm³/mol. The van der Waals surface area contributed by atoms with Crippen LogP contribution in [0.4, 0.5) is 0 Å². The van der Waals surface area contributed by atoms with Crippen LogP contribution in [0.2, 0.25) is 0 Å². The Morgan fingerprint density at radius 3 is 3.15 bits per heavy atom. The Kier molecular flexibility index (Phi) is 5.54. The molecule has 20 heavy (non-hydrogen) atoms. The summed E-state index contributed by atoms with van der Waals surface area (Å²) in [5.74, 6) is 0.0162. The number of rotatable bonds is 7. The molecule has 2 heterocycles. The molecule has 0 aliphatic rings. The zero-order valence-corrected chi connectivity index (χ0v) is 13.1. The third kappa shape index (κ3) is 4.04. The first kappa shape index (κ1) is 15.0. The van der Waals surface area contributed by atoms with Crippen molar-refractivity contribution < 1.29 is 4.79 Å². The minimum Gasteiger partial charge on any atom is -0.355 e. The van der Waals surface area contributed by atoms with Gasteiger partial charge < -0.3 is 5.32 Å². The molecule has 1 atom stereocenters. The van der Waals surface area contributed by atoms with E-state index in [-0.39, 0.29) is 11.2 Å². The normalized spacial score (nSPS) is 12.3. The maximum absolute atomic E-state index is 11.8. The Morgan fingerprint density at radius 1 is 1.60 bits per heavy atom. The Labute approximate surface area is 126 Å². The zero-order chi connectivity index (χ0) is 14.4. The van der Waals surface area contributed by atoms with Crippen LogP contribution in [-0.4, -0.2) is 37.9 Å². The third-order valence-corrected chi connectivity index (χ3v) is 4.52. The maximum Gasteiger partial charge on any atom is 0.233 e. The van der Waals surface area contributed by atoms with Crippen molar-refractivity contribution in [1.29, 1.82) is 0 Å². The molecule has 6 nitrogen and oxygen atoms in total. The van der Waals surface area contributed by atoms with Crippen LogP contribution in [0.15, 0.2) is 22.7 Å². The van der Waals surface area contributed by atoms with Gasteiger partial charge in [-0.05, 0) is 35.2 Å². The first-order valence-corrected chi connectivity index (χ1v) is 8.19. The second-order valence-electron chi connectivity index (χ2n) is 4.25. The third-order valence-electron chi connectivity index (χ3n) is 2.59. The quantitative estimate of drug-likeness (QED) is 0.789. The van der Waals surface area contributed by atoms with E-state index in [1.54, 1.807) is 16.0 Å².